The molecule has 0 atom stereocenters. The molecule has 0 aliphatic heterocycles. The van der Waals surface area contributed by atoms with Gasteiger partial charge in [-0.1, -0.05) is 12.1 Å². The normalized spacial score (nSPS) is 13.2. The number of nitrogens with zero attached hydrogens (tertiary/aromatic N) is 1. The van der Waals surface area contributed by atoms with Gasteiger partial charge >= 0.3 is 5.97 Å². The molecule has 2 aromatic rings. The lowest BCUT2D eigenvalue weighted by atomic mass is 10.1. The molecule has 1 aromatic heterocycles. The third kappa shape index (κ3) is 3.90. The Bertz CT molecular complexity index is 739. The van der Waals surface area contributed by atoms with E-state index in [2.05, 4.69) is 15.6 Å². The Hall–Kier alpha value is -2.89. The van der Waals surface area contributed by atoms with Gasteiger partial charge in [0.05, 0.1) is 29.7 Å². The first kappa shape index (κ1) is 16.0. The molecule has 0 bridgehead atoms. The third-order valence-electron chi connectivity index (χ3n) is 3.61. The van der Waals surface area contributed by atoms with Crippen LogP contribution in [0.25, 0.3) is 0 Å². The number of benzene rings is 1. The lowest BCUT2D eigenvalue weighted by Crippen LogP contribution is -2.17. The monoisotopic (exact) mass is 325 g/mol. The van der Waals surface area contributed by atoms with E-state index in [0.29, 0.717) is 17.3 Å². The quantitative estimate of drug-likeness (QED) is 0.798. The highest BCUT2D eigenvalue weighted by Crippen LogP contribution is 2.24. The molecular weight excluding hydrogens is 306 g/mol. The van der Waals surface area contributed by atoms with Crippen molar-refractivity contribution in [2.45, 2.75) is 25.8 Å². The van der Waals surface area contributed by atoms with Gasteiger partial charge in [-0.2, -0.15) is 0 Å². The zero-order valence-corrected chi connectivity index (χ0v) is 13.4. The second kappa shape index (κ2) is 7.12. The number of hydrogen-bond donors (Lipinski definition) is 2. The van der Waals surface area contributed by atoms with Crippen molar-refractivity contribution in [2.24, 2.45) is 0 Å². The number of carbonyl (C=O) groups excluding carboxylic acids is 2. The summed E-state index contributed by atoms with van der Waals surface area (Å²) in [5.41, 5.74) is 1.92. The van der Waals surface area contributed by atoms with Gasteiger partial charge in [0.1, 0.15) is 5.69 Å². The van der Waals surface area contributed by atoms with Crippen molar-refractivity contribution < 1.29 is 14.3 Å². The average Bonchev–Trinajstić information content (AvgIpc) is 3.40. The molecule has 0 spiro atoms. The highest BCUT2D eigenvalue weighted by Gasteiger charge is 2.21. The molecule has 1 aliphatic rings. The van der Waals surface area contributed by atoms with Crippen LogP contribution in [0.4, 0.5) is 11.4 Å². The highest BCUT2D eigenvalue weighted by atomic mass is 16.5. The molecule has 0 saturated heterocycles. The number of rotatable bonds is 6. The summed E-state index contributed by atoms with van der Waals surface area (Å²) in [5, 5.41) is 6.03. The van der Waals surface area contributed by atoms with Gasteiger partial charge in [-0.25, -0.2) is 9.78 Å². The summed E-state index contributed by atoms with van der Waals surface area (Å²) in [5.74, 6) is -0.838. The molecule has 2 N–H and O–H groups in total. The molecule has 1 aliphatic carbocycles. The summed E-state index contributed by atoms with van der Waals surface area (Å²) < 4.78 is 5.00. The van der Waals surface area contributed by atoms with Crippen LogP contribution in [0, 0.1) is 0 Å². The van der Waals surface area contributed by atoms with Crippen LogP contribution in [0.2, 0.25) is 0 Å². The van der Waals surface area contributed by atoms with Gasteiger partial charge in [-0.15, -0.1) is 0 Å². The van der Waals surface area contributed by atoms with Gasteiger partial charge in [0, 0.05) is 6.04 Å². The molecule has 3 rings (SSSR count). The van der Waals surface area contributed by atoms with Crippen molar-refractivity contribution in [3.8, 4) is 0 Å². The third-order valence-corrected chi connectivity index (χ3v) is 3.61. The number of esters is 1. The highest BCUT2D eigenvalue weighted by molar-refractivity contribution is 6.07. The fourth-order valence-electron chi connectivity index (χ4n) is 2.24. The van der Waals surface area contributed by atoms with Crippen LogP contribution in [-0.2, 0) is 4.74 Å². The van der Waals surface area contributed by atoms with Crippen LogP contribution >= 0.6 is 0 Å². The smallest absolute Gasteiger partial charge is 0.340 e. The Morgan fingerprint density at radius 1 is 1.21 bits per heavy atom. The maximum Gasteiger partial charge on any atom is 0.340 e. The molecule has 0 unspecified atom stereocenters. The van der Waals surface area contributed by atoms with Gasteiger partial charge in [0.25, 0.3) is 5.91 Å². The Balaban J connectivity index is 1.71. The van der Waals surface area contributed by atoms with Crippen molar-refractivity contribution in [1.82, 2.24) is 4.98 Å². The van der Waals surface area contributed by atoms with Gasteiger partial charge in [-0.05, 0) is 44.0 Å². The summed E-state index contributed by atoms with van der Waals surface area (Å²) in [6.07, 6.45) is 3.99. The summed E-state index contributed by atoms with van der Waals surface area (Å²) >= 11 is 0. The van der Waals surface area contributed by atoms with Crippen LogP contribution in [0.5, 0.6) is 0 Å². The molecule has 1 amide bonds. The van der Waals surface area contributed by atoms with E-state index in [1.807, 2.05) is 6.07 Å². The predicted molar refractivity (Wildman–Crippen MR) is 91.2 cm³/mol. The number of carbonyl (C=O) groups is 2. The molecule has 6 nitrogen and oxygen atoms in total. The van der Waals surface area contributed by atoms with E-state index in [0.717, 1.165) is 5.69 Å². The number of para-hydroxylation sites is 1. The zero-order valence-electron chi connectivity index (χ0n) is 13.4. The summed E-state index contributed by atoms with van der Waals surface area (Å²) in [6.45, 7) is 2.01. The first-order valence-electron chi connectivity index (χ1n) is 7.97. The minimum atomic E-state index is -0.467. The standard InChI is InChI=1S/C18H19N3O3/c1-2-24-18(23)14-5-3-4-6-15(14)21-17(22)16-10-9-13(11-19-16)20-12-7-8-12/h3-6,9-12,20H,2,7-8H2,1H3,(H,21,22). The number of hydrogen-bond acceptors (Lipinski definition) is 5. The van der Waals surface area contributed by atoms with Gasteiger partial charge in [0.15, 0.2) is 0 Å². The Kier molecular flexibility index (Phi) is 4.74. The van der Waals surface area contributed by atoms with Crippen molar-refractivity contribution in [2.75, 3.05) is 17.2 Å². The number of nitrogens with one attached hydrogen (secondary N) is 2. The lowest BCUT2D eigenvalue weighted by Gasteiger charge is -2.10. The molecular formula is C18H19N3O3. The number of anilines is 2. The van der Waals surface area contributed by atoms with Crippen LogP contribution < -0.4 is 10.6 Å². The molecule has 6 heteroatoms. The van der Waals surface area contributed by atoms with Crippen molar-refractivity contribution in [1.29, 1.82) is 0 Å². The topological polar surface area (TPSA) is 80.3 Å². The van der Waals surface area contributed by atoms with E-state index in [1.165, 1.54) is 12.8 Å². The van der Waals surface area contributed by atoms with Gasteiger partial charge in [-0.3, -0.25) is 4.79 Å². The fourth-order valence-corrected chi connectivity index (χ4v) is 2.24. The fraction of sp³-hybridized carbons (Fsp3) is 0.278. The van der Waals surface area contributed by atoms with Gasteiger partial charge < -0.3 is 15.4 Å². The molecule has 1 saturated carbocycles. The minimum absolute atomic E-state index is 0.276. The average molecular weight is 325 g/mol. The van der Waals surface area contributed by atoms with Crippen molar-refractivity contribution >= 4 is 23.3 Å². The summed E-state index contributed by atoms with van der Waals surface area (Å²) in [4.78, 5) is 28.5. The maximum atomic E-state index is 12.3. The molecule has 0 radical (unpaired) electrons. The van der Waals surface area contributed by atoms with Crippen LogP contribution in [0.1, 0.15) is 40.6 Å². The first-order chi connectivity index (χ1) is 11.7. The lowest BCUT2D eigenvalue weighted by molar-refractivity contribution is 0.0527. The van der Waals surface area contributed by atoms with E-state index in [-0.39, 0.29) is 18.2 Å². The van der Waals surface area contributed by atoms with E-state index in [9.17, 15) is 9.59 Å². The maximum absolute atomic E-state index is 12.3. The Morgan fingerprint density at radius 2 is 2.00 bits per heavy atom. The van der Waals surface area contributed by atoms with Crippen LogP contribution in [0.15, 0.2) is 42.6 Å². The predicted octanol–water partition coefficient (Wildman–Crippen LogP) is 3.08. The number of ether oxygens (including phenoxy) is 1. The largest absolute Gasteiger partial charge is 0.462 e. The Morgan fingerprint density at radius 3 is 2.67 bits per heavy atom. The number of pyridine rings is 1. The van der Waals surface area contributed by atoms with Gasteiger partial charge in [0.2, 0.25) is 0 Å². The number of amides is 1. The van der Waals surface area contributed by atoms with Crippen molar-refractivity contribution in [3.63, 3.8) is 0 Å². The SMILES string of the molecule is CCOC(=O)c1ccccc1NC(=O)c1ccc(NC2CC2)cn1. The van der Waals surface area contributed by atoms with E-state index < -0.39 is 5.97 Å². The second-order valence-corrected chi connectivity index (χ2v) is 5.57. The Labute approximate surface area is 140 Å². The summed E-state index contributed by atoms with van der Waals surface area (Å²) in [7, 11) is 0. The van der Waals surface area contributed by atoms with E-state index >= 15 is 0 Å². The van der Waals surface area contributed by atoms with E-state index in [4.69, 9.17) is 4.74 Å². The first-order valence-corrected chi connectivity index (χ1v) is 7.97. The summed E-state index contributed by atoms with van der Waals surface area (Å²) in [6, 6.07) is 10.8. The van der Waals surface area contributed by atoms with E-state index in [1.54, 1.807) is 43.5 Å². The van der Waals surface area contributed by atoms with Crippen LogP contribution in [0.3, 0.4) is 0 Å². The molecule has 1 heterocycles. The zero-order chi connectivity index (χ0) is 16.9. The minimum Gasteiger partial charge on any atom is -0.462 e. The number of aromatic nitrogens is 1. The van der Waals surface area contributed by atoms with Crippen LogP contribution in [-0.4, -0.2) is 29.5 Å². The second-order valence-electron chi connectivity index (χ2n) is 5.57. The molecule has 24 heavy (non-hydrogen) atoms. The molecule has 1 fully saturated rings. The van der Waals surface area contributed by atoms with Crippen molar-refractivity contribution in [3.05, 3.63) is 53.9 Å². The molecule has 1 aromatic carbocycles. The molecule has 124 valence electrons.